The number of phenols is 1. The van der Waals surface area contributed by atoms with Gasteiger partial charge in [-0.3, -0.25) is 4.99 Å². The molecule has 0 aliphatic heterocycles. The van der Waals surface area contributed by atoms with E-state index < -0.39 is 0 Å². The number of aromatic hydroxyl groups is 1. The lowest BCUT2D eigenvalue weighted by Crippen LogP contribution is -2.18. The average molecular weight is 407 g/mol. The molecular formula is C25H46N2O2. The van der Waals surface area contributed by atoms with Crippen LogP contribution in [0.5, 0.6) is 5.75 Å². The van der Waals surface area contributed by atoms with Gasteiger partial charge in [-0.2, -0.15) is 0 Å². The van der Waals surface area contributed by atoms with Crippen LogP contribution in [0, 0.1) is 12.8 Å². The molecule has 168 valence electrons. The Bertz CT molecular complexity index is 506. The Balaban J connectivity index is 0. The molecule has 1 fully saturated rings. The molecule has 1 aromatic carbocycles. The third-order valence-electron chi connectivity index (χ3n) is 4.59. The van der Waals surface area contributed by atoms with Crippen LogP contribution in [0.15, 0.2) is 29.3 Å². The van der Waals surface area contributed by atoms with Gasteiger partial charge in [0.05, 0.1) is 5.84 Å². The van der Waals surface area contributed by atoms with Crippen molar-refractivity contribution < 1.29 is 9.90 Å². The molecule has 0 aromatic heterocycles. The quantitative estimate of drug-likeness (QED) is 0.296. The number of rotatable bonds is 7. The molecule has 0 amide bonds. The van der Waals surface area contributed by atoms with Crippen LogP contribution in [0.2, 0.25) is 0 Å². The van der Waals surface area contributed by atoms with Crippen LogP contribution in [-0.2, 0) is 4.79 Å². The monoisotopic (exact) mass is 406 g/mol. The number of hydrogen-bond acceptors (Lipinski definition) is 3. The Morgan fingerprint density at radius 2 is 1.83 bits per heavy atom. The Labute approximate surface area is 180 Å². The number of aryl methyl sites for hydroxylation is 1. The third kappa shape index (κ3) is 16.8. The van der Waals surface area contributed by atoms with E-state index in [1.54, 1.807) is 12.1 Å². The molecule has 29 heavy (non-hydrogen) atoms. The van der Waals surface area contributed by atoms with E-state index in [1.807, 2.05) is 46.8 Å². The summed E-state index contributed by atoms with van der Waals surface area (Å²) < 4.78 is 0. The number of benzene rings is 1. The number of carbonyl (C=O) groups excluding carboxylic acids is 1. The second-order valence-electron chi connectivity index (χ2n) is 6.99. The lowest BCUT2D eigenvalue weighted by molar-refractivity contribution is -0.109. The standard InChI is InChI=1S/C14H26N2O.C7H8O.2C2H6/c1-2-6-14(15)16-13(11-17)10-9-12-7-4-3-5-8-12;1-6-3-2-4-7(8)5-6;2*1-2/h11-13H,2-10H2,1H3,(H2,15,16);2-5,8H,1H3;2*1-2H3. The molecule has 0 heterocycles. The smallest absolute Gasteiger partial charge is 0.144 e. The van der Waals surface area contributed by atoms with Crippen molar-refractivity contribution in [2.24, 2.45) is 16.6 Å². The lowest BCUT2D eigenvalue weighted by Gasteiger charge is -2.21. The summed E-state index contributed by atoms with van der Waals surface area (Å²) in [5.74, 6) is 1.78. The van der Waals surface area contributed by atoms with E-state index in [1.165, 1.54) is 32.1 Å². The fourth-order valence-corrected chi connectivity index (χ4v) is 3.21. The number of aliphatic imine (C=N–C) groups is 1. The molecule has 0 bridgehead atoms. The molecule has 0 spiro atoms. The highest BCUT2D eigenvalue weighted by molar-refractivity contribution is 5.82. The number of phenolic OH excluding ortho intramolecular Hbond substituents is 1. The molecule has 0 saturated heterocycles. The van der Waals surface area contributed by atoms with Crippen molar-refractivity contribution in [1.29, 1.82) is 0 Å². The first-order chi connectivity index (χ1) is 14.0. The zero-order valence-electron chi connectivity index (χ0n) is 19.8. The van der Waals surface area contributed by atoms with Crippen molar-refractivity contribution in [1.82, 2.24) is 0 Å². The minimum Gasteiger partial charge on any atom is -0.508 e. The first kappa shape index (κ1) is 29.4. The number of nitrogens with zero attached hydrogens (tertiary/aromatic N) is 1. The number of hydrogen-bond donors (Lipinski definition) is 2. The summed E-state index contributed by atoms with van der Waals surface area (Å²) in [6, 6.07) is 6.95. The molecule has 2 rings (SSSR count). The van der Waals surface area contributed by atoms with Crippen LogP contribution >= 0.6 is 0 Å². The van der Waals surface area contributed by atoms with Crippen LogP contribution in [0.1, 0.15) is 98.0 Å². The summed E-state index contributed by atoms with van der Waals surface area (Å²) in [6.07, 6.45) is 11.5. The molecular weight excluding hydrogens is 360 g/mol. The van der Waals surface area contributed by atoms with Crippen LogP contribution < -0.4 is 5.73 Å². The highest BCUT2D eigenvalue weighted by Gasteiger charge is 2.15. The van der Waals surface area contributed by atoms with E-state index in [4.69, 9.17) is 10.8 Å². The number of nitrogens with two attached hydrogens (primary N) is 1. The van der Waals surface area contributed by atoms with Gasteiger partial charge in [0.15, 0.2) is 0 Å². The summed E-state index contributed by atoms with van der Waals surface area (Å²) in [7, 11) is 0. The van der Waals surface area contributed by atoms with Gasteiger partial charge in [-0.05, 0) is 49.8 Å². The first-order valence-corrected chi connectivity index (χ1v) is 11.6. The molecule has 1 aliphatic carbocycles. The molecule has 3 N–H and O–H groups in total. The fourth-order valence-electron chi connectivity index (χ4n) is 3.21. The number of amidine groups is 1. The molecule has 1 atom stereocenters. The van der Waals surface area contributed by atoms with Crippen LogP contribution in [-0.4, -0.2) is 23.3 Å². The van der Waals surface area contributed by atoms with Crippen molar-refractivity contribution in [3.63, 3.8) is 0 Å². The number of carbonyl (C=O) groups is 1. The SMILES string of the molecule is CC.CC.CCCC(N)=NC(C=O)CCC1CCCCC1.Cc1cccc(O)c1. The van der Waals surface area contributed by atoms with Crippen LogP contribution in [0.3, 0.4) is 0 Å². The van der Waals surface area contributed by atoms with E-state index in [2.05, 4.69) is 11.9 Å². The molecule has 1 saturated carbocycles. The summed E-state index contributed by atoms with van der Waals surface area (Å²) in [5.41, 5.74) is 6.85. The maximum absolute atomic E-state index is 11.0. The van der Waals surface area contributed by atoms with Crippen molar-refractivity contribution in [2.45, 2.75) is 105 Å². The van der Waals surface area contributed by atoms with Gasteiger partial charge in [0, 0.05) is 6.42 Å². The van der Waals surface area contributed by atoms with Gasteiger partial charge in [0.2, 0.25) is 0 Å². The first-order valence-electron chi connectivity index (χ1n) is 11.6. The van der Waals surface area contributed by atoms with Gasteiger partial charge in [0.1, 0.15) is 18.1 Å². The van der Waals surface area contributed by atoms with Gasteiger partial charge in [-0.15, -0.1) is 0 Å². The molecule has 1 unspecified atom stereocenters. The van der Waals surface area contributed by atoms with Gasteiger partial charge in [0.25, 0.3) is 0 Å². The molecule has 4 heteroatoms. The minimum absolute atomic E-state index is 0.205. The number of aldehydes is 1. The highest BCUT2D eigenvalue weighted by atomic mass is 16.3. The largest absolute Gasteiger partial charge is 0.508 e. The van der Waals surface area contributed by atoms with E-state index in [-0.39, 0.29) is 6.04 Å². The summed E-state index contributed by atoms with van der Waals surface area (Å²) in [5, 5.41) is 8.81. The fraction of sp³-hybridized carbons (Fsp3) is 0.680. The van der Waals surface area contributed by atoms with Crippen molar-refractivity contribution in [2.75, 3.05) is 0 Å². The van der Waals surface area contributed by atoms with E-state index >= 15 is 0 Å². The predicted molar refractivity (Wildman–Crippen MR) is 128 cm³/mol. The van der Waals surface area contributed by atoms with E-state index in [0.29, 0.717) is 11.6 Å². The maximum Gasteiger partial charge on any atom is 0.144 e. The summed E-state index contributed by atoms with van der Waals surface area (Å²) in [6.45, 7) is 12.0. The van der Waals surface area contributed by atoms with Crippen molar-refractivity contribution >= 4 is 12.1 Å². The summed E-state index contributed by atoms with van der Waals surface area (Å²) in [4.78, 5) is 15.3. The maximum atomic E-state index is 11.0. The minimum atomic E-state index is -0.205. The van der Waals surface area contributed by atoms with Gasteiger partial charge < -0.3 is 15.6 Å². The Morgan fingerprint density at radius 1 is 1.21 bits per heavy atom. The topological polar surface area (TPSA) is 75.7 Å². The highest BCUT2D eigenvalue weighted by Crippen LogP contribution is 2.27. The Hall–Kier alpha value is -1.84. The van der Waals surface area contributed by atoms with E-state index in [9.17, 15) is 4.79 Å². The van der Waals surface area contributed by atoms with Crippen LogP contribution in [0.25, 0.3) is 0 Å². The van der Waals surface area contributed by atoms with Gasteiger partial charge in [-0.25, -0.2) is 0 Å². The molecule has 4 nitrogen and oxygen atoms in total. The second kappa shape index (κ2) is 20.9. The lowest BCUT2D eigenvalue weighted by atomic mass is 9.85. The second-order valence-corrected chi connectivity index (χ2v) is 6.99. The Kier molecular flexibility index (Phi) is 21.1. The predicted octanol–water partition coefficient (Wildman–Crippen LogP) is 6.82. The van der Waals surface area contributed by atoms with Crippen molar-refractivity contribution in [3.05, 3.63) is 29.8 Å². The van der Waals surface area contributed by atoms with Gasteiger partial charge in [-0.1, -0.05) is 78.9 Å². The Morgan fingerprint density at radius 3 is 2.28 bits per heavy atom. The van der Waals surface area contributed by atoms with Gasteiger partial charge >= 0.3 is 0 Å². The van der Waals surface area contributed by atoms with Crippen LogP contribution in [0.4, 0.5) is 0 Å². The third-order valence-corrected chi connectivity index (χ3v) is 4.59. The van der Waals surface area contributed by atoms with E-state index in [0.717, 1.165) is 43.5 Å². The summed E-state index contributed by atoms with van der Waals surface area (Å²) >= 11 is 0. The zero-order valence-corrected chi connectivity index (χ0v) is 19.8. The normalized spacial score (nSPS) is 14.8. The molecule has 1 aromatic rings. The molecule has 1 aliphatic rings. The zero-order chi connectivity index (χ0) is 22.5. The average Bonchev–Trinajstić information content (AvgIpc) is 2.75. The molecule has 0 radical (unpaired) electrons. The van der Waals surface area contributed by atoms with Crippen molar-refractivity contribution in [3.8, 4) is 5.75 Å².